The molecule has 0 fully saturated rings. The minimum absolute atomic E-state index is 0.245. The van der Waals surface area contributed by atoms with Crippen molar-refractivity contribution in [3.05, 3.63) is 81.8 Å². The molecule has 0 radical (unpaired) electrons. The molecule has 0 spiro atoms. The van der Waals surface area contributed by atoms with Crippen molar-refractivity contribution in [3.8, 4) is 28.3 Å². The van der Waals surface area contributed by atoms with Crippen molar-refractivity contribution in [2.45, 2.75) is 32.7 Å². The number of aromatic nitrogens is 5. The van der Waals surface area contributed by atoms with E-state index in [1.165, 1.54) is 13.2 Å². The lowest BCUT2D eigenvalue weighted by Crippen LogP contribution is -2.25. The van der Waals surface area contributed by atoms with Gasteiger partial charge in [0.15, 0.2) is 5.82 Å². The molecule has 0 atom stereocenters. The van der Waals surface area contributed by atoms with Gasteiger partial charge < -0.3 is 14.0 Å². The number of nitrogens with zero attached hydrogens (tertiary/aromatic N) is 4. The number of hydrogen-bond donors (Lipinski definition) is 1. The predicted octanol–water partition coefficient (Wildman–Crippen LogP) is 3.88. The lowest BCUT2D eigenvalue weighted by atomic mass is 9.97. The second-order valence-electron chi connectivity index (χ2n) is 8.08. The molecule has 2 heterocycles. The Morgan fingerprint density at radius 1 is 1.03 bits per heavy atom. The van der Waals surface area contributed by atoms with E-state index >= 15 is 0 Å². The fourth-order valence-electron chi connectivity index (χ4n) is 4.07. The van der Waals surface area contributed by atoms with Crippen molar-refractivity contribution in [1.29, 1.82) is 0 Å². The van der Waals surface area contributed by atoms with E-state index < -0.39 is 5.97 Å². The third kappa shape index (κ3) is 5.13. The minimum atomic E-state index is -0.515. The number of hydrogen-bond acceptors (Lipinski definition) is 7. The smallest absolute Gasteiger partial charge is 0.338 e. The van der Waals surface area contributed by atoms with Crippen LogP contribution in [0.5, 0.6) is 5.75 Å². The number of pyridine rings is 1. The zero-order chi connectivity index (χ0) is 24.8. The Morgan fingerprint density at radius 2 is 1.83 bits per heavy atom. The van der Waals surface area contributed by atoms with Gasteiger partial charge in [-0.2, -0.15) is 0 Å². The lowest BCUT2D eigenvalue weighted by molar-refractivity contribution is 0.0600. The van der Waals surface area contributed by atoms with Gasteiger partial charge in [-0.3, -0.25) is 4.79 Å². The molecule has 0 aliphatic carbocycles. The largest absolute Gasteiger partial charge is 0.496 e. The van der Waals surface area contributed by atoms with Crippen LogP contribution in [0.2, 0.25) is 0 Å². The Hall–Kier alpha value is -4.27. The molecule has 0 aliphatic heterocycles. The Bertz CT molecular complexity index is 1380. The van der Waals surface area contributed by atoms with Crippen molar-refractivity contribution < 1.29 is 14.3 Å². The first-order valence-electron chi connectivity index (χ1n) is 11.4. The van der Waals surface area contributed by atoms with Gasteiger partial charge in [0.1, 0.15) is 5.75 Å². The first kappa shape index (κ1) is 23.9. The molecule has 0 saturated carbocycles. The summed E-state index contributed by atoms with van der Waals surface area (Å²) in [6.45, 7) is 2.44. The van der Waals surface area contributed by atoms with Crippen molar-refractivity contribution in [2.24, 2.45) is 0 Å². The standard InChI is InChI=1S/C26H27N5O4/c1-4-5-8-19-14-18(26(33)35-3)15-24(32)31(19)16-17-11-12-21(23(13-17)34-2)20-9-6-7-10-22(20)25-27-29-30-28-25/h6-7,9-15H,4-5,8,16H2,1-3H3,(H,27,28,29,30). The van der Waals surface area contributed by atoms with Gasteiger partial charge in [0, 0.05) is 22.9 Å². The fourth-order valence-corrected chi connectivity index (χ4v) is 4.07. The maximum absolute atomic E-state index is 13.0. The summed E-state index contributed by atoms with van der Waals surface area (Å²) < 4.78 is 12.2. The molecule has 9 nitrogen and oxygen atoms in total. The molecule has 9 heteroatoms. The first-order chi connectivity index (χ1) is 17.0. The van der Waals surface area contributed by atoms with Gasteiger partial charge in [-0.1, -0.05) is 49.7 Å². The summed E-state index contributed by atoms with van der Waals surface area (Å²) in [5.74, 6) is 0.708. The van der Waals surface area contributed by atoms with Crippen LogP contribution in [-0.2, 0) is 17.7 Å². The maximum atomic E-state index is 13.0. The number of tetrazole rings is 1. The predicted molar refractivity (Wildman–Crippen MR) is 131 cm³/mol. The topological polar surface area (TPSA) is 112 Å². The van der Waals surface area contributed by atoms with Crippen LogP contribution in [0.25, 0.3) is 22.5 Å². The van der Waals surface area contributed by atoms with Crippen molar-refractivity contribution in [3.63, 3.8) is 0 Å². The number of rotatable bonds is 9. The molecule has 2 aromatic heterocycles. The van der Waals surface area contributed by atoms with E-state index in [4.69, 9.17) is 9.47 Å². The normalized spacial score (nSPS) is 10.8. The minimum Gasteiger partial charge on any atom is -0.496 e. The number of benzene rings is 2. The van der Waals surface area contributed by atoms with E-state index in [0.717, 1.165) is 40.8 Å². The van der Waals surface area contributed by atoms with Crippen LogP contribution >= 0.6 is 0 Å². The summed E-state index contributed by atoms with van der Waals surface area (Å²) in [7, 11) is 2.93. The van der Waals surface area contributed by atoms with Crippen LogP contribution < -0.4 is 10.3 Å². The maximum Gasteiger partial charge on any atom is 0.338 e. The van der Waals surface area contributed by atoms with Crippen LogP contribution in [0.4, 0.5) is 0 Å². The molecule has 35 heavy (non-hydrogen) atoms. The third-order valence-electron chi connectivity index (χ3n) is 5.85. The van der Waals surface area contributed by atoms with Gasteiger partial charge in [0.2, 0.25) is 0 Å². The number of esters is 1. The molecule has 4 aromatic rings. The van der Waals surface area contributed by atoms with Gasteiger partial charge in [-0.05, 0) is 46.5 Å². The average Bonchev–Trinajstić information content (AvgIpc) is 3.43. The molecule has 180 valence electrons. The number of ether oxygens (including phenoxy) is 2. The number of unbranched alkanes of at least 4 members (excludes halogenated alkanes) is 1. The van der Waals surface area contributed by atoms with Crippen LogP contribution in [0.15, 0.2) is 59.4 Å². The molecular formula is C26H27N5O4. The van der Waals surface area contributed by atoms with Gasteiger partial charge in [0.05, 0.1) is 26.3 Å². The Balaban J connectivity index is 1.73. The zero-order valence-electron chi connectivity index (χ0n) is 19.9. The zero-order valence-corrected chi connectivity index (χ0v) is 19.9. The molecule has 0 unspecified atom stereocenters. The number of carbonyl (C=O) groups is 1. The Kier molecular flexibility index (Phi) is 7.35. The highest BCUT2D eigenvalue weighted by Crippen LogP contribution is 2.36. The molecule has 0 amide bonds. The highest BCUT2D eigenvalue weighted by Gasteiger charge is 2.16. The quantitative estimate of drug-likeness (QED) is 0.367. The SMILES string of the molecule is CCCCc1cc(C(=O)OC)cc(=O)n1Cc1ccc(-c2ccccc2-c2nnn[nH]2)c(OC)c1. The number of carbonyl (C=O) groups excluding carboxylic acids is 1. The summed E-state index contributed by atoms with van der Waals surface area (Å²) >= 11 is 0. The van der Waals surface area contributed by atoms with E-state index in [2.05, 4.69) is 27.5 Å². The van der Waals surface area contributed by atoms with Crippen LogP contribution in [0.1, 0.15) is 41.4 Å². The fraction of sp³-hybridized carbons (Fsp3) is 0.269. The average molecular weight is 474 g/mol. The van der Waals surface area contributed by atoms with Crippen LogP contribution in [-0.4, -0.2) is 45.4 Å². The van der Waals surface area contributed by atoms with Gasteiger partial charge in [-0.15, -0.1) is 5.10 Å². The highest BCUT2D eigenvalue weighted by atomic mass is 16.5. The summed E-state index contributed by atoms with van der Waals surface area (Å²) in [5, 5.41) is 14.2. The molecule has 1 N–H and O–H groups in total. The van der Waals surface area contributed by atoms with Crippen LogP contribution in [0, 0.1) is 0 Å². The van der Waals surface area contributed by atoms with Gasteiger partial charge >= 0.3 is 5.97 Å². The monoisotopic (exact) mass is 473 g/mol. The lowest BCUT2D eigenvalue weighted by Gasteiger charge is -2.16. The Labute approximate surface area is 202 Å². The van der Waals surface area contributed by atoms with E-state index in [1.807, 2.05) is 42.5 Å². The summed E-state index contributed by atoms with van der Waals surface area (Å²) in [4.78, 5) is 25.0. The number of H-pyrrole nitrogens is 1. The van der Waals surface area contributed by atoms with Crippen molar-refractivity contribution >= 4 is 5.97 Å². The summed E-state index contributed by atoms with van der Waals surface area (Å²) in [5.41, 5.74) is 4.36. The number of aromatic amines is 1. The molecule has 2 aromatic carbocycles. The number of nitrogens with one attached hydrogen (secondary N) is 1. The van der Waals surface area contributed by atoms with Crippen molar-refractivity contribution in [2.75, 3.05) is 14.2 Å². The van der Waals surface area contributed by atoms with E-state index in [9.17, 15) is 9.59 Å². The number of methoxy groups -OCH3 is 2. The Morgan fingerprint density at radius 3 is 2.51 bits per heavy atom. The number of aryl methyl sites for hydroxylation is 1. The molecule has 0 bridgehead atoms. The highest BCUT2D eigenvalue weighted by molar-refractivity contribution is 5.89. The third-order valence-corrected chi connectivity index (χ3v) is 5.85. The van der Waals surface area contributed by atoms with Gasteiger partial charge in [-0.25, -0.2) is 9.89 Å². The second kappa shape index (κ2) is 10.8. The molecular weight excluding hydrogens is 446 g/mol. The van der Waals surface area contributed by atoms with E-state index in [1.54, 1.807) is 17.7 Å². The molecule has 0 aliphatic rings. The summed E-state index contributed by atoms with van der Waals surface area (Å²) in [6, 6.07) is 16.7. The van der Waals surface area contributed by atoms with Gasteiger partial charge in [0.25, 0.3) is 5.56 Å². The molecule has 4 rings (SSSR count). The first-order valence-corrected chi connectivity index (χ1v) is 11.4. The second-order valence-corrected chi connectivity index (χ2v) is 8.08. The van der Waals surface area contributed by atoms with Crippen LogP contribution in [0.3, 0.4) is 0 Å². The van der Waals surface area contributed by atoms with E-state index in [0.29, 0.717) is 24.5 Å². The van der Waals surface area contributed by atoms with Crippen molar-refractivity contribution in [1.82, 2.24) is 25.2 Å². The molecule has 0 saturated heterocycles. The summed E-state index contributed by atoms with van der Waals surface area (Å²) in [6.07, 6.45) is 2.56. The van der Waals surface area contributed by atoms with E-state index in [-0.39, 0.29) is 11.1 Å².